The summed E-state index contributed by atoms with van der Waals surface area (Å²) in [6, 6.07) is 2.28. The Balaban J connectivity index is 1.23. The van der Waals surface area contributed by atoms with Gasteiger partial charge in [-0.05, 0) is 31.7 Å². The fourth-order valence-corrected chi connectivity index (χ4v) is 6.63. The number of nitrogens with zero attached hydrogens (tertiary/aromatic N) is 6. The smallest absolute Gasteiger partial charge is 0.214 e. The monoisotopic (exact) mass is 429 g/mol. The third-order valence-corrected chi connectivity index (χ3v) is 8.66. The molecule has 2 aliphatic rings. The lowest BCUT2D eigenvalue weighted by Crippen LogP contribution is -2.47. The summed E-state index contributed by atoms with van der Waals surface area (Å²) in [4.78, 5) is 14.0. The molecule has 0 atom stereocenters. The first-order valence-corrected chi connectivity index (χ1v) is 11.9. The van der Waals surface area contributed by atoms with Gasteiger partial charge in [0.1, 0.15) is 17.8 Å². The molecule has 1 N–H and O–H groups in total. The number of hydrogen-bond donors (Lipinski definition) is 1. The SMILES string of the molecule is Cc1nn(C)c2c1CN(S(=O)(=O)C[C@H]1C[C@@H](N(C)c3ncnc4[nH]ccc34)C1)CC2. The normalized spacial score (nSPS) is 22.1. The number of aryl methyl sites for hydroxylation is 2. The molecule has 0 radical (unpaired) electrons. The van der Waals surface area contributed by atoms with E-state index in [0.29, 0.717) is 19.1 Å². The Morgan fingerprint density at radius 1 is 1.30 bits per heavy atom. The number of fused-ring (bicyclic) bond motifs is 2. The van der Waals surface area contributed by atoms with E-state index in [2.05, 4.69) is 25.0 Å². The molecule has 1 aliphatic heterocycles. The van der Waals surface area contributed by atoms with Crippen molar-refractivity contribution in [3.8, 4) is 0 Å². The first-order chi connectivity index (χ1) is 14.3. The average molecular weight is 430 g/mol. The van der Waals surface area contributed by atoms with Crippen LogP contribution in [0.25, 0.3) is 11.0 Å². The van der Waals surface area contributed by atoms with Gasteiger partial charge in [-0.25, -0.2) is 18.4 Å². The van der Waals surface area contributed by atoms with Gasteiger partial charge in [0, 0.05) is 57.1 Å². The summed E-state index contributed by atoms with van der Waals surface area (Å²) in [5, 5.41) is 5.44. The van der Waals surface area contributed by atoms with E-state index in [9.17, 15) is 8.42 Å². The molecular formula is C20H27N7O2S. The van der Waals surface area contributed by atoms with Crippen molar-refractivity contribution < 1.29 is 8.42 Å². The van der Waals surface area contributed by atoms with Crippen LogP contribution >= 0.6 is 0 Å². The van der Waals surface area contributed by atoms with E-state index >= 15 is 0 Å². The van der Waals surface area contributed by atoms with Crippen LogP contribution in [-0.4, -0.2) is 62.8 Å². The third-order valence-electron chi connectivity index (χ3n) is 6.67. The van der Waals surface area contributed by atoms with Crippen LogP contribution in [0.5, 0.6) is 0 Å². The summed E-state index contributed by atoms with van der Waals surface area (Å²) < 4.78 is 29.7. The van der Waals surface area contributed by atoms with Crippen LogP contribution in [0.3, 0.4) is 0 Å². The molecule has 10 heteroatoms. The highest BCUT2D eigenvalue weighted by Gasteiger charge is 2.39. The number of aromatic nitrogens is 5. The fraction of sp³-hybridized carbons (Fsp3) is 0.550. The minimum absolute atomic E-state index is 0.183. The van der Waals surface area contributed by atoms with E-state index in [1.54, 1.807) is 10.6 Å². The predicted octanol–water partition coefficient (Wildman–Crippen LogP) is 1.60. The molecule has 0 bridgehead atoms. The second-order valence-corrected chi connectivity index (χ2v) is 10.5. The Bertz CT molecular complexity index is 1190. The van der Waals surface area contributed by atoms with Crippen LogP contribution < -0.4 is 4.90 Å². The molecule has 1 saturated carbocycles. The van der Waals surface area contributed by atoms with E-state index in [1.165, 1.54) is 0 Å². The molecule has 30 heavy (non-hydrogen) atoms. The minimum Gasteiger partial charge on any atom is -0.356 e. The lowest BCUT2D eigenvalue weighted by atomic mass is 9.81. The molecule has 0 unspecified atom stereocenters. The molecule has 9 nitrogen and oxygen atoms in total. The van der Waals surface area contributed by atoms with Crippen molar-refractivity contribution in [1.29, 1.82) is 0 Å². The number of anilines is 1. The Morgan fingerprint density at radius 2 is 2.10 bits per heavy atom. The van der Waals surface area contributed by atoms with Crippen molar-refractivity contribution in [3.05, 3.63) is 35.5 Å². The number of hydrogen-bond acceptors (Lipinski definition) is 6. The number of H-pyrrole nitrogens is 1. The van der Waals surface area contributed by atoms with Crippen molar-refractivity contribution in [2.75, 3.05) is 24.2 Å². The first-order valence-electron chi connectivity index (χ1n) is 10.3. The third kappa shape index (κ3) is 3.18. The second-order valence-electron chi connectivity index (χ2n) is 8.54. The van der Waals surface area contributed by atoms with Gasteiger partial charge in [-0.15, -0.1) is 0 Å². The summed E-state index contributed by atoms with van der Waals surface area (Å²) >= 11 is 0. The largest absolute Gasteiger partial charge is 0.356 e. The van der Waals surface area contributed by atoms with Gasteiger partial charge in [0.2, 0.25) is 10.0 Å². The van der Waals surface area contributed by atoms with Crippen LogP contribution in [0.4, 0.5) is 5.82 Å². The van der Waals surface area contributed by atoms with Crippen LogP contribution in [0.2, 0.25) is 0 Å². The molecule has 160 valence electrons. The Hall–Kier alpha value is -2.46. The first kappa shape index (κ1) is 19.5. The topological polar surface area (TPSA) is 100 Å². The van der Waals surface area contributed by atoms with E-state index in [4.69, 9.17) is 0 Å². The van der Waals surface area contributed by atoms with Crippen molar-refractivity contribution in [3.63, 3.8) is 0 Å². The van der Waals surface area contributed by atoms with Crippen molar-refractivity contribution in [2.24, 2.45) is 13.0 Å². The molecule has 3 aromatic heterocycles. The summed E-state index contributed by atoms with van der Waals surface area (Å²) in [6.45, 7) is 2.94. The number of sulfonamides is 1. The standard InChI is InChI=1S/C20H27N7O2S/c1-13-17-10-27(7-5-18(17)26(3)24-13)30(28,29)11-14-8-15(9-14)25(2)20-16-4-6-21-19(16)22-12-23-20/h4,6,12,14-15H,5,7-11H2,1-3H3,(H,21,22,23)/t14-,15+. The van der Waals surface area contributed by atoms with Gasteiger partial charge in [0.15, 0.2) is 0 Å². The van der Waals surface area contributed by atoms with E-state index < -0.39 is 10.0 Å². The molecule has 0 amide bonds. The lowest BCUT2D eigenvalue weighted by Gasteiger charge is -2.42. The van der Waals surface area contributed by atoms with Crippen LogP contribution in [-0.2, 0) is 30.0 Å². The zero-order chi connectivity index (χ0) is 21.0. The van der Waals surface area contributed by atoms with Gasteiger partial charge >= 0.3 is 0 Å². The molecule has 4 heterocycles. The number of rotatable bonds is 5. The van der Waals surface area contributed by atoms with Gasteiger partial charge in [-0.3, -0.25) is 4.68 Å². The van der Waals surface area contributed by atoms with Crippen LogP contribution in [0.15, 0.2) is 18.6 Å². The Kier molecular flexibility index (Phi) is 4.59. The molecule has 5 rings (SSSR count). The molecule has 3 aromatic rings. The Morgan fingerprint density at radius 3 is 2.90 bits per heavy atom. The molecule has 0 spiro atoms. The van der Waals surface area contributed by atoms with Crippen molar-refractivity contribution >= 4 is 26.9 Å². The van der Waals surface area contributed by atoms with E-state index in [1.807, 2.05) is 38.0 Å². The fourth-order valence-electron chi connectivity index (χ4n) is 4.86. The lowest BCUT2D eigenvalue weighted by molar-refractivity contribution is 0.276. The van der Waals surface area contributed by atoms with E-state index in [0.717, 1.165) is 53.1 Å². The molecule has 1 aliphatic carbocycles. The number of aromatic amines is 1. The number of nitrogens with one attached hydrogen (secondary N) is 1. The summed E-state index contributed by atoms with van der Waals surface area (Å²) in [5.41, 5.74) is 3.97. The molecule has 0 saturated heterocycles. The molecular weight excluding hydrogens is 402 g/mol. The highest BCUT2D eigenvalue weighted by atomic mass is 32.2. The zero-order valence-electron chi connectivity index (χ0n) is 17.5. The quantitative estimate of drug-likeness (QED) is 0.661. The van der Waals surface area contributed by atoms with Crippen molar-refractivity contribution in [1.82, 2.24) is 29.0 Å². The highest BCUT2D eigenvalue weighted by molar-refractivity contribution is 7.89. The molecule has 1 fully saturated rings. The maximum absolute atomic E-state index is 13.1. The predicted molar refractivity (Wildman–Crippen MR) is 115 cm³/mol. The summed E-state index contributed by atoms with van der Waals surface area (Å²) in [5.74, 6) is 1.29. The second kappa shape index (κ2) is 7.05. The molecule has 0 aromatic carbocycles. The van der Waals surface area contributed by atoms with Crippen LogP contribution in [0, 0.1) is 12.8 Å². The van der Waals surface area contributed by atoms with Gasteiger partial charge in [-0.2, -0.15) is 9.40 Å². The highest BCUT2D eigenvalue weighted by Crippen LogP contribution is 2.36. The summed E-state index contributed by atoms with van der Waals surface area (Å²) in [7, 11) is 0.674. The van der Waals surface area contributed by atoms with Gasteiger partial charge < -0.3 is 9.88 Å². The van der Waals surface area contributed by atoms with Gasteiger partial charge in [0.25, 0.3) is 0 Å². The van der Waals surface area contributed by atoms with E-state index in [-0.39, 0.29) is 11.7 Å². The van der Waals surface area contributed by atoms with Gasteiger partial charge in [0.05, 0.1) is 16.8 Å². The minimum atomic E-state index is -3.29. The zero-order valence-corrected chi connectivity index (χ0v) is 18.4. The average Bonchev–Trinajstić information content (AvgIpc) is 3.28. The maximum Gasteiger partial charge on any atom is 0.214 e. The van der Waals surface area contributed by atoms with Crippen LogP contribution in [0.1, 0.15) is 29.8 Å². The van der Waals surface area contributed by atoms with Crippen molar-refractivity contribution in [2.45, 2.75) is 38.8 Å². The summed E-state index contributed by atoms with van der Waals surface area (Å²) in [6.07, 6.45) is 5.87. The van der Waals surface area contributed by atoms with Gasteiger partial charge in [-0.1, -0.05) is 0 Å². The Labute approximate surface area is 176 Å². The maximum atomic E-state index is 13.1.